The molecule has 0 aliphatic heterocycles. The molecule has 2 aliphatic carbocycles. The molecule has 0 N–H and O–H groups in total. The molecule has 1 fully saturated rings. The summed E-state index contributed by atoms with van der Waals surface area (Å²) < 4.78 is 5.50. The summed E-state index contributed by atoms with van der Waals surface area (Å²) in [5.41, 5.74) is -1.66. The minimum atomic E-state index is -1.67. The minimum Gasteiger partial charge on any atom is -0.500 e. The number of hydrogen-bond donors (Lipinski definition) is 0. The van der Waals surface area contributed by atoms with Crippen molar-refractivity contribution in [1.29, 1.82) is 0 Å². The SMILES string of the molecule is C=CCC1=C(OC)C2(CC=C)CC(=C)CC(C(C)=O)(C1=O)C2=O. The summed E-state index contributed by atoms with van der Waals surface area (Å²) in [5, 5.41) is 0. The Hall–Kier alpha value is -2.23. The Labute approximate surface area is 136 Å². The standard InChI is InChI=1S/C19H22O4/c1-6-8-14-15(21)19(13(4)20)11-12(3)10-18(9-7-2,17(19)22)16(14)23-5/h6-7H,1-3,8-11H2,4-5H3. The number of methoxy groups -OCH3 is 1. The molecule has 0 radical (unpaired) electrons. The summed E-state index contributed by atoms with van der Waals surface area (Å²) in [7, 11) is 1.45. The molecule has 2 aliphatic rings. The van der Waals surface area contributed by atoms with Gasteiger partial charge in [-0.05, 0) is 32.6 Å². The maximum absolute atomic E-state index is 13.3. The summed E-state index contributed by atoms with van der Waals surface area (Å²) >= 11 is 0. The van der Waals surface area contributed by atoms with Gasteiger partial charge in [-0.25, -0.2) is 0 Å². The van der Waals surface area contributed by atoms with Crippen molar-refractivity contribution in [3.8, 4) is 0 Å². The quantitative estimate of drug-likeness (QED) is 0.558. The number of ether oxygens (including phenoxy) is 1. The van der Waals surface area contributed by atoms with E-state index in [-0.39, 0.29) is 18.6 Å². The average Bonchev–Trinajstić information content (AvgIpc) is 2.48. The summed E-state index contributed by atoms with van der Waals surface area (Å²) in [4.78, 5) is 38.7. The number of allylic oxidation sites excluding steroid dienone is 5. The zero-order valence-corrected chi connectivity index (χ0v) is 13.7. The van der Waals surface area contributed by atoms with Crippen LogP contribution in [0.3, 0.4) is 0 Å². The van der Waals surface area contributed by atoms with Gasteiger partial charge in [0.05, 0.1) is 12.5 Å². The molecule has 2 atom stereocenters. The molecular formula is C19H22O4. The maximum Gasteiger partial charge on any atom is 0.183 e. The Morgan fingerprint density at radius 1 is 1.26 bits per heavy atom. The number of hydrogen-bond acceptors (Lipinski definition) is 4. The second-order valence-corrected chi connectivity index (χ2v) is 6.30. The third-order valence-electron chi connectivity index (χ3n) is 4.91. The Morgan fingerprint density at radius 2 is 1.91 bits per heavy atom. The molecule has 0 aromatic rings. The van der Waals surface area contributed by atoms with Gasteiger partial charge in [0.1, 0.15) is 5.76 Å². The molecule has 0 amide bonds. The van der Waals surface area contributed by atoms with Gasteiger partial charge in [-0.15, -0.1) is 13.2 Å². The van der Waals surface area contributed by atoms with E-state index < -0.39 is 22.4 Å². The highest BCUT2D eigenvalue weighted by atomic mass is 16.5. The Morgan fingerprint density at radius 3 is 2.39 bits per heavy atom. The normalized spacial score (nSPS) is 30.3. The molecule has 0 aromatic carbocycles. The van der Waals surface area contributed by atoms with Gasteiger partial charge in [-0.2, -0.15) is 0 Å². The van der Waals surface area contributed by atoms with E-state index in [1.807, 2.05) is 0 Å². The van der Waals surface area contributed by atoms with Crippen LogP contribution in [-0.2, 0) is 19.1 Å². The Kier molecular flexibility index (Phi) is 4.29. The first-order valence-corrected chi connectivity index (χ1v) is 7.58. The van der Waals surface area contributed by atoms with E-state index in [2.05, 4.69) is 19.7 Å². The highest BCUT2D eigenvalue weighted by molar-refractivity contribution is 6.32. The van der Waals surface area contributed by atoms with Crippen molar-refractivity contribution in [2.24, 2.45) is 10.8 Å². The van der Waals surface area contributed by atoms with Gasteiger partial charge in [0.2, 0.25) is 0 Å². The number of carbonyl (C=O) groups is 3. The van der Waals surface area contributed by atoms with Gasteiger partial charge in [-0.3, -0.25) is 14.4 Å². The molecule has 0 saturated heterocycles. The van der Waals surface area contributed by atoms with E-state index in [1.54, 1.807) is 12.2 Å². The van der Waals surface area contributed by atoms with Crippen molar-refractivity contribution < 1.29 is 19.1 Å². The molecule has 0 aromatic heterocycles. The van der Waals surface area contributed by atoms with Gasteiger partial charge in [0.15, 0.2) is 22.8 Å². The van der Waals surface area contributed by atoms with Crippen molar-refractivity contribution >= 4 is 17.3 Å². The van der Waals surface area contributed by atoms with Crippen molar-refractivity contribution in [1.82, 2.24) is 0 Å². The summed E-state index contributed by atoms with van der Waals surface area (Å²) in [6.45, 7) is 12.7. The van der Waals surface area contributed by atoms with Crippen LogP contribution in [0.25, 0.3) is 0 Å². The molecule has 4 nitrogen and oxygen atoms in total. The Balaban J connectivity index is 2.89. The van der Waals surface area contributed by atoms with Crippen molar-refractivity contribution in [3.63, 3.8) is 0 Å². The van der Waals surface area contributed by atoms with E-state index >= 15 is 0 Å². The summed E-state index contributed by atoms with van der Waals surface area (Å²) in [5.74, 6) is -0.935. The van der Waals surface area contributed by atoms with E-state index in [4.69, 9.17) is 4.74 Å². The average molecular weight is 314 g/mol. The zero-order valence-electron chi connectivity index (χ0n) is 13.7. The summed E-state index contributed by atoms with van der Waals surface area (Å²) in [6, 6.07) is 0. The first kappa shape index (κ1) is 17.1. The number of fused-ring (bicyclic) bond motifs is 2. The molecule has 0 heterocycles. The number of Topliss-reactive ketones (excluding diaryl/α,β-unsaturated/α-hetero) is 3. The van der Waals surface area contributed by atoms with Crippen molar-refractivity contribution in [2.45, 2.75) is 32.6 Å². The zero-order chi connectivity index (χ0) is 17.4. The van der Waals surface area contributed by atoms with E-state index in [9.17, 15) is 14.4 Å². The topological polar surface area (TPSA) is 60.4 Å². The molecule has 1 saturated carbocycles. The van der Waals surface area contributed by atoms with E-state index in [1.165, 1.54) is 14.0 Å². The molecule has 2 unspecified atom stereocenters. The highest BCUT2D eigenvalue weighted by Crippen LogP contribution is 2.57. The lowest BCUT2D eigenvalue weighted by molar-refractivity contribution is -0.156. The highest BCUT2D eigenvalue weighted by Gasteiger charge is 2.66. The Bertz CT molecular complexity index is 667. The van der Waals surface area contributed by atoms with Gasteiger partial charge in [0, 0.05) is 5.57 Å². The maximum atomic E-state index is 13.3. The second kappa shape index (κ2) is 5.76. The van der Waals surface area contributed by atoms with Crippen LogP contribution in [0, 0.1) is 10.8 Å². The first-order chi connectivity index (χ1) is 10.8. The monoisotopic (exact) mass is 314 g/mol. The van der Waals surface area contributed by atoms with Crippen LogP contribution in [0.4, 0.5) is 0 Å². The first-order valence-electron chi connectivity index (χ1n) is 7.58. The molecule has 23 heavy (non-hydrogen) atoms. The van der Waals surface area contributed by atoms with Crippen LogP contribution >= 0.6 is 0 Å². The van der Waals surface area contributed by atoms with Gasteiger partial charge in [0.25, 0.3) is 0 Å². The van der Waals surface area contributed by atoms with Crippen LogP contribution < -0.4 is 0 Å². The second-order valence-electron chi connectivity index (χ2n) is 6.30. The third-order valence-corrected chi connectivity index (χ3v) is 4.91. The summed E-state index contributed by atoms with van der Waals surface area (Å²) in [6.07, 6.45) is 4.22. The molecule has 2 rings (SSSR count). The molecule has 2 bridgehead atoms. The van der Waals surface area contributed by atoms with Gasteiger partial charge < -0.3 is 4.74 Å². The predicted octanol–water partition coefficient (Wildman–Crippen LogP) is 3.10. The fraction of sp³-hybridized carbons (Fsp3) is 0.421. The van der Waals surface area contributed by atoms with E-state index in [0.717, 1.165) is 0 Å². The smallest absolute Gasteiger partial charge is 0.183 e. The molecule has 0 spiro atoms. The number of ketones is 3. The van der Waals surface area contributed by atoms with Gasteiger partial charge >= 0.3 is 0 Å². The number of rotatable bonds is 6. The lowest BCUT2D eigenvalue weighted by Gasteiger charge is -2.49. The number of carbonyl (C=O) groups excluding carboxylic acids is 3. The molecular weight excluding hydrogens is 292 g/mol. The van der Waals surface area contributed by atoms with Crippen molar-refractivity contribution in [3.05, 3.63) is 48.8 Å². The van der Waals surface area contributed by atoms with Crippen molar-refractivity contribution in [2.75, 3.05) is 7.11 Å². The van der Waals surface area contributed by atoms with Crippen LogP contribution in [0.5, 0.6) is 0 Å². The van der Waals surface area contributed by atoms with Gasteiger partial charge in [-0.1, -0.05) is 24.3 Å². The fourth-order valence-electron chi connectivity index (χ4n) is 4.05. The fourth-order valence-corrected chi connectivity index (χ4v) is 4.05. The molecule has 4 heteroatoms. The molecule has 122 valence electrons. The predicted molar refractivity (Wildman–Crippen MR) is 87.6 cm³/mol. The lowest BCUT2D eigenvalue weighted by Crippen LogP contribution is -2.60. The van der Waals surface area contributed by atoms with Crippen LogP contribution in [-0.4, -0.2) is 24.5 Å². The lowest BCUT2D eigenvalue weighted by atomic mass is 9.50. The van der Waals surface area contributed by atoms with Crippen LogP contribution in [0.2, 0.25) is 0 Å². The largest absolute Gasteiger partial charge is 0.500 e. The van der Waals surface area contributed by atoms with Crippen LogP contribution in [0.1, 0.15) is 32.6 Å². The minimum absolute atomic E-state index is 0.0799. The van der Waals surface area contributed by atoms with Crippen LogP contribution in [0.15, 0.2) is 48.8 Å². The van der Waals surface area contributed by atoms with E-state index in [0.29, 0.717) is 29.7 Å². The third kappa shape index (κ3) is 2.08.